The normalized spacial score (nSPS) is 10.5. The summed E-state index contributed by atoms with van der Waals surface area (Å²) >= 11 is 0. The van der Waals surface area contributed by atoms with Crippen LogP contribution < -0.4 is 0 Å². The summed E-state index contributed by atoms with van der Waals surface area (Å²) in [4.78, 5) is 0. The first-order chi connectivity index (χ1) is 7.41. The molecule has 0 saturated carbocycles. The summed E-state index contributed by atoms with van der Waals surface area (Å²) in [6.07, 6.45) is 15.1. The molecule has 0 saturated heterocycles. The molecular weight excluding hydrogens is 187 g/mol. The molecule has 2 nitrogen and oxygen atoms in total. The summed E-state index contributed by atoms with van der Waals surface area (Å²) in [5, 5.41) is 0. The van der Waals surface area contributed by atoms with Crippen LogP contribution in [0.5, 0.6) is 0 Å². The van der Waals surface area contributed by atoms with Gasteiger partial charge in [0.2, 0.25) is 0 Å². The van der Waals surface area contributed by atoms with Crippen molar-refractivity contribution in [2.45, 2.75) is 64.7 Å². The Hall–Kier alpha value is -0.595. The molecule has 0 aromatic heterocycles. The first-order valence-corrected chi connectivity index (χ1v) is 6.16. The van der Waals surface area contributed by atoms with Crippen molar-refractivity contribution in [1.82, 2.24) is 0 Å². The zero-order valence-electron chi connectivity index (χ0n) is 9.91. The number of unbranched alkanes of at least 4 members (excludes halogenated alkanes) is 8. The van der Waals surface area contributed by atoms with Crippen LogP contribution in [0.25, 0.3) is 0 Å². The summed E-state index contributed by atoms with van der Waals surface area (Å²) in [6, 6.07) is 0. The third-order valence-corrected chi connectivity index (χ3v) is 2.45. The van der Waals surface area contributed by atoms with Gasteiger partial charge in [0.1, 0.15) is 0 Å². The molecule has 0 aromatic carbocycles. The van der Waals surface area contributed by atoms with Crippen molar-refractivity contribution in [1.29, 1.82) is 0 Å². The van der Waals surface area contributed by atoms with Gasteiger partial charge in [-0.2, -0.15) is 0 Å². The van der Waals surface area contributed by atoms with Crippen LogP contribution in [0.2, 0.25) is 0 Å². The second kappa shape index (κ2) is 13.4. The van der Waals surface area contributed by atoms with Gasteiger partial charge >= 0.3 is 86.8 Å². The molecule has 0 amide bonds. The molecule has 0 aliphatic rings. The van der Waals surface area contributed by atoms with Gasteiger partial charge in [-0.25, -0.2) is 0 Å². The predicted molar refractivity (Wildman–Crippen MR) is 63.9 cm³/mol. The van der Waals surface area contributed by atoms with E-state index >= 15 is 0 Å². The molecule has 0 aliphatic carbocycles. The number of hydrogen-bond acceptors (Lipinski definition) is 2. The van der Waals surface area contributed by atoms with Gasteiger partial charge in [0.05, 0.1) is 0 Å². The predicted octanol–water partition coefficient (Wildman–Crippen LogP) is 4.01. The van der Waals surface area contributed by atoms with Crippen LogP contribution in [-0.4, -0.2) is 7.35 Å². The van der Waals surface area contributed by atoms with E-state index in [9.17, 15) is 4.70 Å². The first kappa shape index (κ1) is 14.4. The van der Waals surface area contributed by atoms with Gasteiger partial charge in [-0.15, -0.1) is 0 Å². The Morgan fingerprint density at radius 1 is 1.00 bits per heavy atom. The third kappa shape index (κ3) is 13.4. The van der Waals surface area contributed by atoms with Crippen LogP contribution in [0.3, 0.4) is 0 Å². The SMILES string of the molecule is CCCCCCCCCCC=COB=O. The Bertz CT molecular complexity index is 158. The van der Waals surface area contributed by atoms with Crippen molar-refractivity contribution in [2.75, 3.05) is 0 Å². The summed E-state index contributed by atoms with van der Waals surface area (Å²) in [6.45, 7) is 2.24. The molecule has 0 aliphatic heterocycles. The van der Waals surface area contributed by atoms with Crippen molar-refractivity contribution < 1.29 is 9.36 Å². The summed E-state index contributed by atoms with van der Waals surface area (Å²) < 4.78 is 14.2. The molecule has 15 heavy (non-hydrogen) atoms. The molecular formula is C12H23BO2. The first-order valence-electron chi connectivity index (χ1n) is 6.16. The van der Waals surface area contributed by atoms with Gasteiger partial charge in [-0.3, -0.25) is 0 Å². The number of hydrogen-bond donors (Lipinski definition) is 0. The Morgan fingerprint density at radius 3 is 2.20 bits per heavy atom. The second-order valence-corrected chi connectivity index (χ2v) is 3.87. The summed E-state index contributed by atoms with van der Waals surface area (Å²) in [7, 11) is 0.449. The van der Waals surface area contributed by atoms with Crippen LogP contribution in [0.15, 0.2) is 12.3 Å². The van der Waals surface area contributed by atoms with Crippen molar-refractivity contribution >= 4 is 7.35 Å². The Morgan fingerprint density at radius 2 is 1.60 bits per heavy atom. The molecule has 86 valence electrons. The standard InChI is InChI=1S/C12H23BO2/c1-2-3-4-5-6-7-8-9-10-11-12-15-13-14/h11-12H,2-10H2,1H3. The molecule has 0 fully saturated rings. The van der Waals surface area contributed by atoms with Crippen LogP contribution in [0.4, 0.5) is 0 Å². The quantitative estimate of drug-likeness (QED) is 0.292. The molecule has 0 rings (SSSR count). The molecule has 0 bridgehead atoms. The van der Waals surface area contributed by atoms with Crippen molar-refractivity contribution in [2.24, 2.45) is 0 Å². The monoisotopic (exact) mass is 210 g/mol. The van der Waals surface area contributed by atoms with E-state index < -0.39 is 0 Å². The van der Waals surface area contributed by atoms with Crippen molar-refractivity contribution in [3.05, 3.63) is 12.3 Å². The van der Waals surface area contributed by atoms with Gasteiger partial charge < -0.3 is 0 Å². The van der Waals surface area contributed by atoms with E-state index in [0.717, 1.165) is 6.42 Å². The van der Waals surface area contributed by atoms with Gasteiger partial charge in [0.25, 0.3) is 0 Å². The molecule has 0 aromatic rings. The molecule has 0 heterocycles. The fourth-order valence-corrected chi connectivity index (χ4v) is 1.55. The third-order valence-electron chi connectivity index (χ3n) is 2.45. The zero-order valence-corrected chi connectivity index (χ0v) is 9.91. The van der Waals surface area contributed by atoms with E-state index in [1.807, 2.05) is 6.08 Å². The average Bonchev–Trinajstić information content (AvgIpc) is 2.26. The molecule has 0 atom stereocenters. The number of allylic oxidation sites excluding steroid dienone is 1. The Kier molecular flexibility index (Phi) is 12.9. The van der Waals surface area contributed by atoms with E-state index in [1.54, 1.807) is 0 Å². The summed E-state index contributed by atoms with van der Waals surface area (Å²) in [5.74, 6) is 0. The Balaban J connectivity index is 2.95. The van der Waals surface area contributed by atoms with Crippen LogP contribution in [-0.2, 0) is 9.36 Å². The van der Waals surface area contributed by atoms with E-state index in [1.165, 1.54) is 57.6 Å². The average molecular weight is 210 g/mol. The Labute approximate surface area is 94.4 Å². The maximum absolute atomic E-state index is 9.79. The summed E-state index contributed by atoms with van der Waals surface area (Å²) in [5.41, 5.74) is 0. The van der Waals surface area contributed by atoms with E-state index in [2.05, 4.69) is 11.6 Å². The maximum atomic E-state index is 9.79. The van der Waals surface area contributed by atoms with Gasteiger partial charge in [0.15, 0.2) is 0 Å². The minimum absolute atomic E-state index is 0.449. The van der Waals surface area contributed by atoms with Crippen molar-refractivity contribution in [3.63, 3.8) is 0 Å². The topological polar surface area (TPSA) is 26.3 Å². The molecule has 0 radical (unpaired) electrons. The van der Waals surface area contributed by atoms with Gasteiger partial charge in [-0.05, 0) is 0 Å². The zero-order chi connectivity index (χ0) is 11.2. The second-order valence-electron chi connectivity index (χ2n) is 3.87. The fraction of sp³-hybridized carbons (Fsp3) is 0.833. The van der Waals surface area contributed by atoms with Crippen LogP contribution in [0, 0.1) is 0 Å². The van der Waals surface area contributed by atoms with Crippen molar-refractivity contribution in [3.8, 4) is 0 Å². The number of rotatable bonds is 11. The van der Waals surface area contributed by atoms with E-state index in [0.29, 0.717) is 7.35 Å². The molecule has 0 unspecified atom stereocenters. The fourth-order valence-electron chi connectivity index (χ4n) is 1.55. The van der Waals surface area contributed by atoms with Crippen LogP contribution in [0.1, 0.15) is 64.7 Å². The van der Waals surface area contributed by atoms with E-state index in [4.69, 9.17) is 0 Å². The molecule has 3 heteroatoms. The molecule has 0 N–H and O–H groups in total. The van der Waals surface area contributed by atoms with Gasteiger partial charge in [0, 0.05) is 0 Å². The van der Waals surface area contributed by atoms with Gasteiger partial charge in [-0.1, -0.05) is 6.92 Å². The molecule has 0 spiro atoms. The van der Waals surface area contributed by atoms with Crippen LogP contribution >= 0.6 is 0 Å². The van der Waals surface area contributed by atoms with E-state index in [-0.39, 0.29) is 0 Å². The minimum atomic E-state index is 0.449.